The number of hydrogen-bond donors (Lipinski definition) is 0. The topological polar surface area (TPSA) is 43.4 Å². The molecular formula is C10H12O3. The molecule has 2 aliphatic rings. The maximum absolute atomic E-state index is 11.4. The summed E-state index contributed by atoms with van der Waals surface area (Å²) in [5.74, 6) is -0.117. The fourth-order valence-corrected chi connectivity index (χ4v) is 2.51. The Bertz CT molecular complexity index is 269. The van der Waals surface area contributed by atoms with E-state index in [1.54, 1.807) is 0 Å². The number of methoxy groups -OCH3 is 1. The third-order valence-electron chi connectivity index (χ3n) is 3.15. The van der Waals surface area contributed by atoms with Crippen LogP contribution in [0.25, 0.3) is 0 Å². The molecule has 0 radical (unpaired) electrons. The van der Waals surface area contributed by atoms with E-state index in [0.29, 0.717) is 0 Å². The molecule has 0 spiro atoms. The van der Waals surface area contributed by atoms with E-state index in [0.717, 1.165) is 12.7 Å². The summed E-state index contributed by atoms with van der Waals surface area (Å²) in [5.41, 5.74) is 0. The third-order valence-corrected chi connectivity index (χ3v) is 3.15. The number of esters is 1. The van der Waals surface area contributed by atoms with Crippen LogP contribution in [-0.4, -0.2) is 19.4 Å². The molecule has 0 aromatic carbocycles. The minimum atomic E-state index is -0.242. The van der Waals surface area contributed by atoms with Crippen molar-refractivity contribution in [2.75, 3.05) is 7.11 Å². The van der Waals surface area contributed by atoms with Gasteiger partial charge in [0.25, 0.3) is 0 Å². The summed E-state index contributed by atoms with van der Waals surface area (Å²) in [6.45, 7) is 0. The number of carbonyl (C=O) groups is 2. The summed E-state index contributed by atoms with van der Waals surface area (Å²) in [6.07, 6.45) is 5.91. The Hall–Kier alpha value is -1.12. The molecule has 0 saturated heterocycles. The molecule has 13 heavy (non-hydrogen) atoms. The van der Waals surface area contributed by atoms with Crippen LogP contribution >= 0.6 is 0 Å². The molecule has 0 unspecified atom stereocenters. The molecule has 70 valence electrons. The van der Waals surface area contributed by atoms with Gasteiger partial charge in [0.15, 0.2) is 0 Å². The zero-order valence-electron chi connectivity index (χ0n) is 7.47. The predicted octanol–water partition coefficient (Wildman–Crippen LogP) is 0.797. The van der Waals surface area contributed by atoms with Gasteiger partial charge in [0, 0.05) is 5.92 Å². The largest absolute Gasteiger partial charge is 0.469 e. The summed E-state index contributed by atoms with van der Waals surface area (Å²) < 4.78 is 4.69. The molecule has 1 saturated carbocycles. The molecule has 2 aliphatic carbocycles. The third kappa shape index (κ3) is 1.10. The Morgan fingerprint density at radius 3 is 2.77 bits per heavy atom. The number of ether oxygens (including phenoxy) is 1. The monoisotopic (exact) mass is 180 g/mol. The summed E-state index contributed by atoms with van der Waals surface area (Å²) in [6, 6.07) is 0. The van der Waals surface area contributed by atoms with Crippen molar-refractivity contribution in [2.24, 2.45) is 23.7 Å². The van der Waals surface area contributed by atoms with Crippen molar-refractivity contribution in [3.05, 3.63) is 12.2 Å². The molecule has 0 N–H and O–H groups in total. The highest BCUT2D eigenvalue weighted by molar-refractivity contribution is 5.79. The minimum absolute atomic E-state index is 0.151. The number of carbonyl (C=O) groups excluding carboxylic acids is 2. The number of fused-ring (bicyclic) bond motifs is 2. The zero-order chi connectivity index (χ0) is 9.42. The van der Waals surface area contributed by atoms with Crippen molar-refractivity contribution in [1.82, 2.24) is 0 Å². The Morgan fingerprint density at radius 1 is 1.46 bits per heavy atom. The molecule has 0 aromatic heterocycles. The van der Waals surface area contributed by atoms with Gasteiger partial charge in [0.1, 0.15) is 6.29 Å². The van der Waals surface area contributed by atoms with Gasteiger partial charge in [-0.25, -0.2) is 0 Å². The van der Waals surface area contributed by atoms with Gasteiger partial charge in [-0.05, 0) is 18.3 Å². The highest BCUT2D eigenvalue weighted by Gasteiger charge is 2.48. The average molecular weight is 180 g/mol. The molecule has 0 aromatic rings. The molecule has 0 heterocycles. The van der Waals surface area contributed by atoms with Gasteiger partial charge >= 0.3 is 5.97 Å². The van der Waals surface area contributed by atoms with E-state index in [2.05, 4.69) is 4.74 Å². The molecule has 3 nitrogen and oxygen atoms in total. The molecular weight excluding hydrogens is 168 g/mol. The maximum Gasteiger partial charge on any atom is 0.310 e. The van der Waals surface area contributed by atoms with Crippen LogP contribution in [0.3, 0.4) is 0 Å². The van der Waals surface area contributed by atoms with Crippen LogP contribution in [0.1, 0.15) is 6.42 Å². The minimum Gasteiger partial charge on any atom is -0.469 e. The lowest BCUT2D eigenvalue weighted by molar-refractivity contribution is -0.149. The van der Waals surface area contributed by atoms with Crippen molar-refractivity contribution in [2.45, 2.75) is 6.42 Å². The first kappa shape index (κ1) is 8.48. The van der Waals surface area contributed by atoms with Crippen LogP contribution in [0.5, 0.6) is 0 Å². The van der Waals surface area contributed by atoms with Gasteiger partial charge in [-0.2, -0.15) is 0 Å². The van der Waals surface area contributed by atoms with E-state index in [4.69, 9.17) is 0 Å². The molecule has 1 fully saturated rings. The van der Waals surface area contributed by atoms with E-state index < -0.39 is 0 Å². The Kier molecular flexibility index (Phi) is 1.94. The average Bonchev–Trinajstić information content (AvgIpc) is 2.74. The lowest BCUT2D eigenvalue weighted by Crippen LogP contribution is -2.29. The van der Waals surface area contributed by atoms with E-state index in [-0.39, 0.29) is 29.6 Å². The summed E-state index contributed by atoms with van der Waals surface area (Å²) in [5, 5.41) is 0. The lowest BCUT2D eigenvalue weighted by Gasteiger charge is -2.20. The SMILES string of the molecule is COC(=O)[C@@H]1[C@H](C=O)[C@@H]2C=C[C@H]1C2. The highest BCUT2D eigenvalue weighted by Crippen LogP contribution is 2.47. The molecule has 2 rings (SSSR count). The van der Waals surface area contributed by atoms with Crippen LogP contribution in [0.4, 0.5) is 0 Å². The first-order valence-electron chi connectivity index (χ1n) is 4.49. The van der Waals surface area contributed by atoms with E-state index in [9.17, 15) is 9.59 Å². The second-order valence-corrected chi connectivity index (χ2v) is 3.71. The lowest BCUT2D eigenvalue weighted by atomic mass is 9.84. The first-order chi connectivity index (χ1) is 6.27. The van der Waals surface area contributed by atoms with Crippen LogP contribution in [0, 0.1) is 23.7 Å². The molecule has 4 atom stereocenters. The van der Waals surface area contributed by atoms with Gasteiger partial charge in [-0.15, -0.1) is 0 Å². The van der Waals surface area contributed by atoms with Gasteiger partial charge in [-0.1, -0.05) is 12.2 Å². The first-order valence-corrected chi connectivity index (χ1v) is 4.49. The summed E-state index contributed by atoms with van der Waals surface area (Å²) >= 11 is 0. The number of hydrogen-bond acceptors (Lipinski definition) is 3. The van der Waals surface area contributed by atoms with Crippen LogP contribution < -0.4 is 0 Å². The van der Waals surface area contributed by atoms with E-state index in [1.807, 2.05) is 12.2 Å². The summed E-state index contributed by atoms with van der Waals surface area (Å²) in [7, 11) is 1.37. The maximum atomic E-state index is 11.4. The number of allylic oxidation sites excluding steroid dienone is 2. The fourth-order valence-electron chi connectivity index (χ4n) is 2.51. The number of rotatable bonds is 2. The number of aldehydes is 1. The quantitative estimate of drug-likeness (QED) is 0.358. The highest BCUT2D eigenvalue weighted by atomic mass is 16.5. The normalized spacial score (nSPS) is 40.7. The predicted molar refractivity (Wildman–Crippen MR) is 45.8 cm³/mol. The second kappa shape index (κ2) is 2.98. The van der Waals surface area contributed by atoms with Crippen LogP contribution in [0.2, 0.25) is 0 Å². The standard InChI is InChI=1S/C10H12O3/c1-13-10(12)9-7-3-2-6(4-7)8(9)5-11/h2-3,5-9H,4H2,1H3/t6-,7+,8-,9+/m1/s1. The van der Waals surface area contributed by atoms with Crippen LogP contribution in [-0.2, 0) is 14.3 Å². The summed E-state index contributed by atoms with van der Waals surface area (Å²) in [4.78, 5) is 22.1. The Morgan fingerprint density at radius 2 is 2.15 bits per heavy atom. The van der Waals surface area contributed by atoms with Crippen molar-refractivity contribution in [3.63, 3.8) is 0 Å². The van der Waals surface area contributed by atoms with Crippen molar-refractivity contribution in [3.8, 4) is 0 Å². The molecule has 0 aliphatic heterocycles. The fraction of sp³-hybridized carbons (Fsp3) is 0.600. The Balaban J connectivity index is 2.23. The van der Waals surface area contributed by atoms with Gasteiger partial charge in [0.05, 0.1) is 13.0 Å². The zero-order valence-corrected chi connectivity index (χ0v) is 7.47. The van der Waals surface area contributed by atoms with E-state index in [1.165, 1.54) is 7.11 Å². The smallest absolute Gasteiger partial charge is 0.310 e. The molecule has 0 amide bonds. The molecule has 3 heteroatoms. The van der Waals surface area contributed by atoms with Crippen molar-refractivity contribution in [1.29, 1.82) is 0 Å². The van der Waals surface area contributed by atoms with Gasteiger partial charge < -0.3 is 9.53 Å². The van der Waals surface area contributed by atoms with Crippen molar-refractivity contribution >= 4 is 12.3 Å². The van der Waals surface area contributed by atoms with E-state index >= 15 is 0 Å². The molecule has 2 bridgehead atoms. The van der Waals surface area contributed by atoms with Crippen LogP contribution in [0.15, 0.2) is 12.2 Å². The van der Waals surface area contributed by atoms with Gasteiger partial charge in [-0.3, -0.25) is 4.79 Å². The van der Waals surface area contributed by atoms with Crippen molar-refractivity contribution < 1.29 is 14.3 Å². The second-order valence-electron chi connectivity index (χ2n) is 3.71. The Labute approximate surface area is 76.8 Å². The van der Waals surface area contributed by atoms with Gasteiger partial charge in [0.2, 0.25) is 0 Å².